The van der Waals surface area contributed by atoms with Gasteiger partial charge in [0, 0.05) is 33.0 Å². The largest absolute Gasteiger partial charge is 0.382 e. The predicted molar refractivity (Wildman–Crippen MR) is 84.6 cm³/mol. The van der Waals surface area contributed by atoms with Crippen LogP contribution in [0.4, 0.5) is 0 Å². The van der Waals surface area contributed by atoms with Crippen LogP contribution in [0.2, 0.25) is 0 Å². The van der Waals surface area contributed by atoms with Crippen LogP contribution >= 0.6 is 12.4 Å². The molecule has 0 atom stereocenters. The molecular weight excluding hydrogens is 292 g/mol. The molecule has 124 valence electrons. The summed E-state index contributed by atoms with van der Waals surface area (Å²) in [6.07, 6.45) is 5.88. The molecule has 1 aliphatic carbocycles. The Kier molecular flexibility index (Phi) is 7.40. The third-order valence-corrected chi connectivity index (χ3v) is 4.86. The average Bonchev–Trinajstić information content (AvgIpc) is 2.41. The number of amides is 1. The molecule has 1 saturated heterocycles. The highest BCUT2D eigenvalue weighted by atomic mass is 35.5. The number of ether oxygens (including phenoxy) is 2. The summed E-state index contributed by atoms with van der Waals surface area (Å²) in [6.45, 7) is 5.46. The van der Waals surface area contributed by atoms with Gasteiger partial charge in [-0.1, -0.05) is 6.42 Å². The molecule has 6 heteroatoms. The summed E-state index contributed by atoms with van der Waals surface area (Å²) in [7, 11) is 0. The second-order valence-electron chi connectivity index (χ2n) is 6.25. The van der Waals surface area contributed by atoms with Gasteiger partial charge >= 0.3 is 0 Å². The Hall–Kier alpha value is -0.360. The van der Waals surface area contributed by atoms with E-state index >= 15 is 0 Å². The SMILES string of the molecule is CCOCCC1(CNC(=O)C2(N)CCOCC2)CCC1.Cl. The number of carbonyl (C=O) groups excluding carboxylic acids is 1. The van der Waals surface area contributed by atoms with Gasteiger partial charge in [0.2, 0.25) is 5.91 Å². The van der Waals surface area contributed by atoms with Gasteiger partial charge in [-0.25, -0.2) is 0 Å². The molecule has 3 N–H and O–H groups in total. The van der Waals surface area contributed by atoms with Crippen LogP contribution in [-0.2, 0) is 14.3 Å². The van der Waals surface area contributed by atoms with E-state index in [1.54, 1.807) is 0 Å². The first-order chi connectivity index (χ1) is 9.60. The number of hydrogen-bond acceptors (Lipinski definition) is 4. The molecule has 0 spiro atoms. The van der Waals surface area contributed by atoms with Crippen molar-refractivity contribution in [3.63, 3.8) is 0 Å². The van der Waals surface area contributed by atoms with Gasteiger partial charge in [-0.3, -0.25) is 4.79 Å². The molecule has 0 radical (unpaired) electrons. The molecular formula is C15H29ClN2O3. The highest BCUT2D eigenvalue weighted by molar-refractivity contribution is 5.86. The molecule has 0 unspecified atom stereocenters. The molecule has 0 aromatic rings. The summed E-state index contributed by atoms with van der Waals surface area (Å²) in [6, 6.07) is 0. The van der Waals surface area contributed by atoms with Crippen molar-refractivity contribution in [3.05, 3.63) is 0 Å². The van der Waals surface area contributed by atoms with E-state index in [0.29, 0.717) is 26.1 Å². The van der Waals surface area contributed by atoms with E-state index < -0.39 is 5.54 Å². The molecule has 2 aliphatic rings. The zero-order valence-corrected chi connectivity index (χ0v) is 13.8. The van der Waals surface area contributed by atoms with Crippen LogP contribution in [0.15, 0.2) is 0 Å². The fourth-order valence-electron chi connectivity index (χ4n) is 3.03. The van der Waals surface area contributed by atoms with E-state index in [-0.39, 0.29) is 23.7 Å². The van der Waals surface area contributed by atoms with Gasteiger partial charge in [-0.2, -0.15) is 0 Å². The number of carbonyl (C=O) groups is 1. The maximum atomic E-state index is 12.3. The lowest BCUT2D eigenvalue weighted by molar-refractivity contribution is -0.130. The predicted octanol–water partition coefficient (Wildman–Crippen LogP) is 1.63. The molecule has 1 saturated carbocycles. The minimum Gasteiger partial charge on any atom is -0.382 e. The van der Waals surface area contributed by atoms with Crippen molar-refractivity contribution < 1.29 is 14.3 Å². The normalized spacial score (nSPS) is 22.8. The highest BCUT2D eigenvalue weighted by Gasteiger charge is 2.40. The third-order valence-electron chi connectivity index (χ3n) is 4.86. The minimum absolute atomic E-state index is 0. The van der Waals surface area contributed by atoms with Gasteiger partial charge in [-0.15, -0.1) is 12.4 Å². The van der Waals surface area contributed by atoms with Gasteiger partial charge in [0.1, 0.15) is 0 Å². The minimum atomic E-state index is -0.733. The Bertz CT molecular complexity index is 329. The molecule has 21 heavy (non-hydrogen) atoms. The van der Waals surface area contributed by atoms with Crippen molar-refractivity contribution in [2.45, 2.75) is 51.0 Å². The molecule has 0 bridgehead atoms. The Balaban J connectivity index is 0.00000220. The van der Waals surface area contributed by atoms with Gasteiger partial charge < -0.3 is 20.5 Å². The molecule has 0 aromatic carbocycles. The molecule has 2 fully saturated rings. The van der Waals surface area contributed by atoms with Crippen LogP contribution in [0, 0.1) is 5.41 Å². The van der Waals surface area contributed by atoms with Crippen LogP contribution in [0.3, 0.4) is 0 Å². The monoisotopic (exact) mass is 320 g/mol. The second kappa shape index (κ2) is 8.32. The number of hydrogen-bond donors (Lipinski definition) is 2. The van der Waals surface area contributed by atoms with Crippen molar-refractivity contribution >= 4 is 18.3 Å². The Morgan fingerprint density at radius 2 is 1.95 bits per heavy atom. The lowest BCUT2D eigenvalue weighted by Crippen LogP contribution is -2.58. The van der Waals surface area contributed by atoms with Crippen molar-refractivity contribution in [1.29, 1.82) is 0 Å². The Morgan fingerprint density at radius 3 is 2.48 bits per heavy atom. The van der Waals surface area contributed by atoms with Gasteiger partial charge in [-0.05, 0) is 44.4 Å². The Morgan fingerprint density at radius 1 is 1.29 bits per heavy atom. The maximum Gasteiger partial charge on any atom is 0.240 e. The summed E-state index contributed by atoms with van der Waals surface area (Å²) < 4.78 is 10.7. The van der Waals surface area contributed by atoms with Crippen molar-refractivity contribution in [1.82, 2.24) is 5.32 Å². The summed E-state index contributed by atoms with van der Waals surface area (Å²) in [5, 5.41) is 3.09. The van der Waals surface area contributed by atoms with Crippen LogP contribution < -0.4 is 11.1 Å². The summed E-state index contributed by atoms with van der Waals surface area (Å²) in [5.41, 5.74) is 5.71. The fourth-order valence-corrected chi connectivity index (χ4v) is 3.03. The van der Waals surface area contributed by atoms with Crippen LogP contribution in [-0.4, -0.2) is 44.4 Å². The molecule has 1 aliphatic heterocycles. The smallest absolute Gasteiger partial charge is 0.240 e. The van der Waals surface area contributed by atoms with Crippen LogP contribution in [0.25, 0.3) is 0 Å². The first kappa shape index (κ1) is 18.7. The van der Waals surface area contributed by atoms with E-state index in [4.69, 9.17) is 15.2 Å². The fraction of sp³-hybridized carbons (Fsp3) is 0.933. The van der Waals surface area contributed by atoms with E-state index in [9.17, 15) is 4.79 Å². The molecule has 0 aromatic heterocycles. The Labute approximate surface area is 133 Å². The lowest BCUT2D eigenvalue weighted by atomic mass is 9.66. The number of nitrogens with two attached hydrogens (primary N) is 1. The zero-order chi connectivity index (χ0) is 14.5. The maximum absolute atomic E-state index is 12.3. The van der Waals surface area contributed by atoms with Crippen LogP contribution in [0.1, 0.15) is 45.4 Å². The molecule has 2 rings (SSSR count). The molecule has 1 amide bonds. The number of halogens is 1. The van der Waals surface area contributed by atoms with E-state index in [1.165, 1.54) is 19.3 Å². The van der Waals surface area contributed by atoms with Crippen molar-refractivity contribution in [2.75, 3.05) is 33.0 Å². The summed E-state index contributed by atoms with van der Waals surface area (Å²) in [4.78, 5) is 12.3. The first-order valence-corrected chi connectivity index (χ1v) is 7.83. The second-order valence-corrected chi connectivity index (χ2v) is 6.25. The lowest BCUT2D eigenvalue weighted by Gasteiger charge is -2.43. The van der Waals surface area contributed by atoms with Gasteiger partial charge in [0.25, 0.3) is 0 Å². The summed E-state index contributed by atoms with van der Waals surface area (Å²) >= 11 is 0. The molecule has 5 nitrogen and oxygen atoms in total. The van der Waals surface area contributed by atoms with E-state index in [0.717, 1.165) is 26.2 Å². The highest BCUT2D eigenvalue weighted by Crippen LogP contribution is 2.43. The van der Waals surface area contributed by atoms with Crippen LogP contribution in [0.5, 0.6) is 0 Å². The first-order valence-electron chi connectivity index (χ1n) is 7.83. The zero-order valence-electron chi connectivity index (χ0n) is 13.0. The summed E-state index contributed by atoms with van der Waals surface area (Å²) in [5.74, 6) is -0.0107. The molecule has 1 heterocycles. The number of rotatable bonds is 7. The van der Waals surface area contributed by atoms with Gasteiger partial charge in [0.15, 0.2) is 0 Å². The average molecular weight is 321 g/mol. The van der Waals surface area contributed by atoms with E-state index in [1.807, 2.05) is 6.92 Å². The van der Waals surface area contributed by atoms with E-state index in [2.05, 4.69) is 5.32 Å². The van der Waals surface area contributed by atoms with Crippen molar-refractivity contribution in [3.8, 4) is 0 Å². The van der Waals surface area contributed by atoms with Crippen molar-refractivity contribution in [2.24, 2.45) is 11.1 Å². The third kappa shape index (κ3) is 4.81. The number of nitrogens with one attached hydrogen (secondary N) is 1. The quantitative estimate of drug-likeness (QED) is 0.699. The standard InChI is InChI=1S/C15H28N2O3.ClH/c1-2-19-9-6-14(4-3-5-14)12-17-13(18)15(16)7-10-20-11-8-15;/h2-12,16H2,1H3,(H,17,18);1H. The van der Waals surface area contributed by atoms with Gasteiger partial charge in [0.05, 0.1) is 5.54 Å². The topological polar surface area (TPSA) is 73.6 Å².